The maximum atomic E-state index is 3.99. The Bertz CT molecular complexity index is 262. The van der Waals surface area contributed by atoms with Crippen molar-refractivity contribution in [3.05, 3.63) is 0 Å². The van der Waals surface area contributed by atoms with Crippen LogP contribution in [0.2, 0.25) is 0 Å². The maximum absolute atomic E-state index is 3.99. The first-order valence-electron chi connectivity index (χ1n) is 9.95. The second-order valence-electron chi connectivity index (χ2n) is 8.11. The fourth-order valence-corrected chi connectivity index (χ4v) is 4.79. The molecule has 0 heterocycles. The van der Waals surface area contributed by atoms with Gasteiger partial charge in [0, 0.05) is 6.04 Å². The van der Waals surface area contributed by atoms with E-state index in [1.807, 2.05) is 0 Å². The molecule has 0 spiro atoms. The molecule has 4 unspecified atom stereocenters. The first-order chi connectivity index (χ1) is 10.2. The number of rotatable bonds is 5. The van der Waals surface area contributed by atoms with Gasteiger partial charge in [-0.05, 0) is 62.3 Å². The standard InChI is InChI=1S/C20H39N/c1-4-14-21-20(18-10-8-6-5-7-9-11-18)19-13-12-16(2)17(3)15-19/h16-21H,4-15H2,1-3H3. The van der Waals surface area contributed by atoms with Crippen LogP contribution in [0.5, 0.6) is 0 Å². The minimum atomic E-state index is 0.818. The van der Waals surface area contributed by atoms with Crippen molar-refractivity contribution in [2.45, 2.75) is 97.4 Å². The minimum absolute atomic E-state index is 0.818. The highest BCUT2D eigenvalue weighted by molar-refractivity contribution is 4.88. The fraction of sp³-hybridized carbons (Fsp3) is 1.00. The lowest BCUT2D eigenvalue weighted by Crippen LogP contribution is -2.45. The van der Waals surface area contributed by atoms with Crippen molar-refractivity contribution in [3.8, 4) is 0 Å². The van der Waals surface area contributed by atoms with Crippen molar-refractivity contribution in [3.63, 3.8) is 0 Å². The van der Waals surface area contributed by atoms with Gasteiger partial charge in [-0.15, -0.1) is 0 Å². The van der Waals surface area contributed by atoms with Gasteiger partial charge in [0.25, 0.3) is 0 Å². The molecule has 2 aliphatic rings. The predicted molar refractivity (Wildman–Crippen MR) is 93.6 cm³/mol. The van der Waals surface area contributed by atoms with Crippen LogP contribution in [0.1, 0.15) is 91.4 Å². The van der Waals surface area contributed by atoms with Gasteiger partial charge in [0.1, 0.15) is 0 Å². The van der Waals surface area contributed by atoms with Crippen molar-refractivity contribution < 1.29 is 0 Å². The highest BCUT2D eigenvalue weighted by Gasteiger charge is 2.33. The zero-order valence-corrected chi connectivity index (χ0v) is 14.9. The monoisotopic (exact) mass is 293 g/mol. The molecule has 0 amide bonds. The lowest BCUT2D eigenvalue weighted by atomic mass is 9.69. The van der Waals surface area contributed by atoms with Crippen molar-refractivity contribution in [1.82, 2.24) is 5.32 Å². The molecule has 0 bridgehead atoms. The average Bonchev–Trinajstić information content (AvgIpc) is 2.44. The quantitative estimate of drug-likeness (QED) is 0.676. The summed E-state index contributed by atoms with van der Waals surface area (Å²) in [6, 6.07) is 0.818. The average molecular weight is 294 g/mol. The van der Waals surface area contributed by atoms with E-state index in [0.717, 1.165) is 29.7 Å². The van der Waals surface area contributed by atoms with Gasteiger partial charge in [-0.2, -0.15) is 0 Å². The van der Waals surface area contributed by atoms with Gasteiger partial charge < -0.3 is 5.32 Å². The number of hydrogen-bond donors (Lipinski definition) is 1. The molecule has 2 saturated carbocycles. The number of hydrogen-bond acceptors (Lipinski definition) is 1. The van der Waals surface area contributed by atoms with Crippen LogP contribution in [0.25, 0.3) is 0 Å². The van der Waals surface area contributed by atoms with Crippen molar-refractivity contribution in [1.29, 1.82) is 0 Å². The lowest BCUT2D eigenvalue weighted by molar-refractivity contribution is 0.129. The summed E-state index contributed by atoms with van der Waals surface area (Å²) < 4.78 is 0. The summed E-state index contributed by atoms with van der Waals surface area (Å²) in [5, 5.41) is 3.99. The van der Waals surface area contributed by atoms with E-state index in [0.29, 0.717) is 0 Å². The molecule has 0 aromatic rings. The molecule has 2 aliphatic carbocycles. The second kappa shape index (κ2) is 9.18. The van der Waals surface area contributed by atoms with Crippen LogP contribution >= 0.6 is 0 Å². The van der Waals surface area contributed by atoms with Gasteiger partial charge in [-0.3, -0.25) is 0 Å². The topological polar surface area (TPSA) is 12.0 Å². The van der Waals surface area contributed by atoms with Gasteiger partial charge in [0.05, 0.1) is 0 Å². The van der Waals surface area contributed by atoms with E-state index in [-0.39, 0.29) is 0 Å². The Labute approximate surface area is 133 Å². The maximum Gasteiger partial charge on any atom is 0.0124 e. The summed E-state index contributed by atoms with van der Waals surface area (Å²) in [7, 11) is 0. The Hall–Kier alpha value is -0.0400. The summed E-state index contributed by atoms with van der Waals surface area (Å²) in [6.45, 7) is 8.49. The van der Waals surface area contributed by atoms with Crippen LogP contribution in [-0.2, 0) is 0 Å². The molecule has 0 aromatic heterocycles. The molecule has 1 heteroatoms. The Kier molecular flexibility index (Phi) is 7.57. The third-order valence-electron chi connectivity index (χ3n) is 6.43. The molecule has 0 saturated heterocycles. The van der Waals surface area contributed by atoms with Crippen LogP contribution in [0, 0.1) is 23.7 Å². The molecule has 2 rings (SSSR count). The van der Waals surface area contributed by atoms with Gasteiger partial charge in [0.15, 0.2) is 0 Å². The van der Waals surface area contributed by atoms with Crippen molar-refractivity contribution in [2.24, 2.45) is 23.7 Å². The van der Waals surface area contributed by atoms with E-state index in [1.54, 1.807) is 0 Å². The molecular weight excluding hydrogens is 254 g/mol. The Morgan fingerprint density at radius 2 is 1.48 bits per heavy atom. The zero-order chi connectivity index (χ0) is 15.1. The number of nitrogens with one attached hydrogen (secondary N) is 1. The summed E-state index contributed by atoms with van der Waals surface area (Å²) in [4.78, 5) is 0. The Morgan fingerprint density at radius 3 is 2.10 bits per heavy atom. The van der Waals surface area contributed by atoms with Gasteiger partial charge >= 0.3 is 0 Å². The second-order valence-corrected chi connectivity index (χ2v) is 8.11. The third-order valence-corrected chi connectivity index (χ3v) is 6.43. The van der Waals surface area contributed by atoms with E-state index in [4.69, 9.17) is 0 Å². The van der Waals surface area contributed by atoms with Crippen LogP contribution in [0.15, 0.2) is 0 Å². The molecule has 124 valence electrons. The normalized spacial score (nSPS) is 34.1. The largest absolute Gasteiger partial charge is 0.313 e. The van der Waals surface area contributed by atoms with Gasteiger partial charge in [-0.25, -0.2) is 0 Å². The molecule has 2 fully saturated rings. The molecule has 1 N–H and O–H groups in total. The van der Waals surface area contributed by atoms with E-state index < -0.39 is 0 Å². The zero-order valence-electron chi connectivity index (χ0n) is 14.9. The molecular formula is C20H39N. The van der Waals surface area contributed by atoms with E-state index in [9.17, 15) is 0 Å². The SMILES string of the molecule is CCCNC(C1CCCCCCC1)C1CCC(C)C(C)C1. The highest BCUT2D eigenvalue weighted by atomic mass is 14.9. The minimum Gasteiger partial charge on any atom is -0.313 e. The molecule has 0 aliphatic heterocycles. The van der Waals surface area contributed by atoms with Crippen LogP contribution in [-0.4, -0.2) is 12.6 Å². The first kappa shape index (κ1) is 17.3. The summed E-state index contributed by atoms with van der Waals surface area (Å²) in [5.74, 6) is 3.79. The first-order valence-corrected chi connectivity index (χ1v) is 9.95. The van der Waals surface area contributed by atoms with Crippen LogP contribution < -0.4 is 5.32 Å². The highest BCUT2D eigenvalue weighted by Crippen LogP contribution is 2.39. The van der Waals surface area contributed by atoms with E-state index in [1.165, 1.54) is 77.2 Å². The summed E-state index contributed by atoms with van der Waals surface area (Å²) >= 11 is 0. The predicted octanol–water partition coefficient (Wildman–Crippen LogP) is 5.79. The molecule has 0 radical (unpaired) electrons. The molecule has 4 atom stereocenters. The Morgan fingerprint density at radius 1 is 0.810 bits per heavy atom. The smallest absolute Gasteiger partial charge is 0.0124 e. The van der Waals surface area contributed by atoms with Crippen molar-refractivity contribution in [2.75, 3.05) is 6.54 Å². The molecule has 0 aromatic carbocycles. The summed E-state index contributed by atoms with van der Waals surface area (Å²) in [5.41, 5.74) is 0. The molecule has 21 heavy (non-hydrogen) atoms. The third kappa shape index (κ3) is 5.27. The van der Waals surface area contributed by atoms with Gasteiger partial charge in [-0.1, -0.05) is 59.3 Å². The van der Waals surface area contributed by atoms with E-state index >= 15 is 0 Å². The van der Waals surface area contributed by atoms with Crippen LogP contribution in [0.4, 0.5) is 0 Å². The lowest BCUT2D eigenvalue weighted by Gasteiger charge is -2.41. The Balaban J connectivity index is 1.98. The van der Waals surface area contributed by atoms with E-state index in [2.05, 4.69) is 26.1 Å². The van der Waals surface area contributed by atoms with Crippen molar-refractivity contribution >= 4 is 0 Å². The fourth-order valence-electron chi connectivity index (χ4n) is 4.79. The molecule has 1 nitrogen and oxygen atoms in total. The summed E-state index contributed by atoms with van der Waals surface area (Å²) in [6.07, 6.45) is 16.1. The van der Waals surface area contributed by atoms with Gasteiger partial charge in [0.2, 0.25) is 0 Å². The van der Waals surface area contributed by atoms with Crippen LogP contribution in [0.3, 0.4) is 0 Å².